The van der Waals surface area contributed by atoms with Gasteiger partial charge in [0.15, 0.2) is 10.7 Å². The average molecular weight is 361 g/mol. The Bertz CT molecular complexity index is 1010. The van der Waals surface area contributed by atoms with Crippen molar-refractivity contribution in [1.82, 2.24) is 14.7 Å². The SMILES string of the molecule is O=C(NCCCc1ccccc1)c1nc2sccn2c1-c1ccccc1. The van der Waals surface area contributed by atoms with E-state index in [1.807, 2.05) is 64.5 Å². The van der Waals surface area contributed by atoms with Crippen LogP contribution in [0.2, 0.25) is 0 Å². The van der Waals surface area contributed by atoms with Gasteiger partial charge < -0.3 is 5.32 Å². The Kier molecular flexibility index (Phi) is 4.80. The summed E-state index contributed by atoms with van der Waals surface area (Å²) >= 11 is 1.53. The van der Waals surface area contributed by atoms with Gasteiger partial charge in [-0.15, -0.1) is 11.3 Å². The number of imidazole rings is 1. The largest absolute Gasteiger partial charge is 0.351 e. The van der Waals surface area contributed by atoms with Crippen LogP contribution in [0.1, 0.15) is 22.5 Å². The second-order valence-electron chi connectivity index (χ2n) is 6.08. The quantitative estimate of drug-likeness (QED) is 0.517. The highest BCUT2D eigenvalue weighted by Crippen LogP contribution is 2.27. The molecule has 0 unspecified atom stereocenters. The number of aromatic nitrogens is 2. The van der Waals surface area contributed by atoms with Gasteiger partial charge in [-0.1, -0.05) is 60.7 Å². The molecule has 0 spiro atoms. The maximum atomic E-state index is 12.7. The van der Waals surface area contributed by atoms with E-state index in [1.165, 1.54) is 16.9 Å². The summed E-state index contributed by atoms with van der Waals surface area (Å²) in [6.45, 7) is 0.632. The normalized spacial score (nSPS) is 10.9. The van der Waals surface area contributed by atoms with E-state index < -0.39 is 0 Å². The number of aryl methyl sites for hydroxylation is 1. The van der Waals surface area contributed by atoms with Crippen molar-refractivity contribution < 1.29 is 4.79 Å². The average Bonchev–Trinajstić information content (AvgIpc) is 3.28. The molecule has 130 valence electrons. The molecule has 0 aliphatic carbocycles. The molecular formula is C21H19N3OS. The van der Waals surface area contributed by atoms with Gasteiger partial charge in [0.25, 0.3) is 5.91 Å². The third kappa shape index (κ3) is 3.39. The molecule has 4 aromatic rings. The van der Waals surface area contributed by atoms with Gasteiger partial charge >= 0.3 is 0 Å². The molecule has 2 aromatic heterocycles. The van der Waals surface area contributed by atoms with Crippen molar-refractivity contribution in [2.75, 3.05) is 6.54 Å². The number of carbonyl (C=O) groups excluding carboxylic acids is 1. The number of fused-ring (bicyclic) bond motifs is 1. The molecule has 0 saturated carbocycles. The van der Waals surface area contributed by atoms with E-state index in [0.717, 1.165) is 29.1 Å². The molecule has 1 N–H and O–H groups in total. The van der Waals surface area contributed by atoms with Crippen LogP contribution in [0.4, 0.5) is 0 Å². The molecule has 0 saturated heterocycles. The molecule has 0 fully saturated rings. The summed E-state index contributed by atoms with van der Waals surface area (Å²) in [5, 5.41) is 5.00. The molecule has 4 rings (SSSR count). The molecular weight excluding hydrogens is 342 g/mol. The van der Waals surface area contributed by atoms with Gasteiger partial charge in [0.1, 0.15) is 0 Å². The molecule has 2 aromatic carbocycles. The van der Waals surface area contributed by atoms with Crippen LogP contribution in [0, 0.1) is 0 Å². The second-order valence-corrected chi connectivity index (χ2v) is 6.95. The predicted molar refractivity (Wildman–Crippen MR) is 106 cm³/mol. The van der Waals surface area contributed by atoms with Crippen molar-refractivity contribution in [3.8, 4) is 11.3 Å². The van der Waals surface area contributed by atoms with Crippen LogP contribution < -0.4 is 5.32 Å². The smallest absolute Gasteiger partial charge is 0.272 e. The van der Waals surface area contributed by atoms with Crippen molar-refractivity contribution in [2.24, 2.45) is 0 Å². The fourth-order valence-corrected chi connectivity index (χ4v) is 3.75. The summed E-state index contributed by atoms with van der Waals surface area (Å²) < 4.78 is 1.99. The Morgan fingerprint density at radius 2 is 1.77 bits per heavy atom. The number of nitrogens with one attached hydrogen (secondary N) is 1. The lowest BCUT2D eigenvalue weighted by Crippen LogP contribution is -2.25. The lowest BCUT2D eigenvalue weighted by molar-refractivity contribution is 0.0949. The molecule has 0 radical (unpaired) electrons. The number of amides is 1. The highest BCUT2D eigenvalue weighted by atomic mass is 32.1. The summed E-state index contributed by atoms with van der Waals surface area (Å²) in [4.78, 5) is 18.1. The monoisotopic (exact) mass is 361 g/mol. The summed E-state index contributed by atoms with van der Waals surface area (Å²) in [5.74, 6) is -0.118. The van der Waals surface area contributed by atoms with Crippen LogP contribution in [0.15, 0.2) is 72.2 Å². The molecule has 0 aliphatic heterocycles. The fraction of sp³-hybridized carbons (Fsp3) is 0.143. The molecule has 5 heteroatoms. The first-order chi connectivity index (χ1) is 12.8. The zero-order chi connectivity index (χ0) is 17.8. The van der Waals surface area contributed by atoms with E-state index in [1.54, 1.807) is 0 Å². The van der Waals surface area contributed by atoms with Gasteiger partial charge in [0.05, 0.1) is 5.69 Å². The van der Waals surface area contributed by atoms with Crippen molar-refractivity contribution in [1.29, 1.82) is 0 Å². The zero-order valence-electron chi connectivity index (χ0n) is 14.3. The maximum absolute atomic E-state index is 12.7. The van der Waals surface area contributed by atoms with Gasteiger partial charge in [-0.3, -0.25) is 9.20 Å². The van der Waals surface area contributed by atoms with Crippen LogP contribution in [-0.2, 0) is 6.42 Å². The first kappa shape index (κ1) is 16.5. The minimum atomic E-state index is -0.118. The summed E-state index contributed by atoms with van der Waals surface area (Å²) in [6, 6.07) is 20.2. The first-order valence-electron chi connectivity index (χ1n) is 8.66. The summed E-state index contributed by atoms with van der Waals surface area (Å²) in [7, 11) is 0. The van der Waals surface area contributed by atoms with E-state index in [4.69, 9.17) is 0 Å². The molecule has 0 atom stereocenters. The van der Waals surface area contributed by atoms with Gasteiger partial charge in [-0.2, -0.15) is 0 Å². The lowest BCUT2D eigenvalue weighted by Gasteiger charge is -2.06. The summed E-state index contributed by atoms with van der Waals surface area (Å²) in [5.41, 5.74) is 3.62. The Labute approximate surface area is 156 Å². The van der Waals surface area contributed by atoms with E-state index in [-0.39, 0.29) is 5.91 Å². The van der Waals surface area contributed by atoms with Crippen molar-refractivity contribution in [2.45, 2.75) is 12.8 Å². The second kappa shape index (κ2) is 7.54. The van der Waals surface area contributed by atoms with Crippen molar-refractivity contribution in [3.05, 3.63) is 83.5 Å². The fourth-order valence-electron chi connectivity index (χ4n) is 3.04. The van der Waals surface area contributed by atoms with Gasteiger partial charge in [0, 0.05) is 23.7 Å². The predicted octanol–water partition coefficient (Wildman–Crippen LogP) is 4.43. The van der Waals surface area contributed by atoms with E-state index in [2.05, 4.69) is 22.4 Å². The number of benzene rings is 2. The number of hydrogen-bond donors (Lipinski definition) is 1. The van der Waals surface area contributed by atoms with E-state index in [0.29, 0.717) is 12.2 Å². The van der Waals surface area contributed by atoms with Crippen LogP contribution in [0.25, 0.3) is 16.2 Å². The Hall–Kier alpha value is -2.92. The Morgan fingerprint density at radius 3 is 2.54 bits per heavy atom. The van der Waals surface area contributed by atoms with Gasteiger partial charge in [-0.25, -0.2) is 4.98 Å². The van der Waals surface area contributed by atoms with E-state index in [9.17, 15) is 4.79 Å². The number of thiazole rings is 1. The highest BCUT2D eigenvalue weighted by Gasteiger charge is 2.20. The lowest BCUT2D eigenvalue weighted by atomic mass is 10.1. The number of hydrogen-bond acceptors (Lipinski definition) is 3. The molecule has 1 amide bonds. The standard InChI is InChI=1S/C21H19N3OS/c25-20(22-13-7-10-16-8-3-1-4-9-16)18-19(17-11-5-2-6-12-17)24-14-15-26-21(24)23-18/h1-6,8-9,11-12,14-15H,7,10,13H2,(H,22,25). The minimum absolute atomic E-state index is 0.118. The van der Waals surface area contributed by atoms with Crippen LogP contribution in [0.3, 0.4) is 0 Å². The molecule has 0 bridgehead atoms. The Morgan fingerprint density at radius 1 is 1.04 bits per heavy atom. The van der Waals surface area contributed by atoms with Crippen LogP contribution in [0.5, 0.6) is 0 Å². The molecule has 2 heterocycles. The highest BCUT2D eigenvalue weighted by molar-refractivity contribution is 7.15. The first-order valence-corrected chi connectivity index (χ1v) is 9.54. The molecule has 26 heavy (non-hydrogen) atoms. The van der Waals surface area contributed by atoms with Crippen LogP contribution >= 0.6 is 11.3 Å². The van der Waals surface area contributed by atoms with Crippen LogP contribution in [-0.4, -0.2) is 21.8 Å². The maximum Gasteiger partial charge on any atom is 0.272 e. The zero-order valence-corrected chi connectivity index (χ0v) is 15.1. The van der Waals surface area contributed by atoms with E-state index >= 15 is 0 Å². The topological polar surface area (TPSA) is 46.4 Å². The molecule has 4 nitrogen and oxygen atoms in total. The number of carbonyl (C=O) groups is 1. The summed E-state index contributed by atoms with van der Waals surface area (Å²) in [6.07, 6.45) is 3.81. The van der Waals surface area contributed by atoms with Gasteiger partial charge in [-0.05, 0) is 18.4 Å². The molecule has 0 aliphatic rings. The third-order valence-electron chi connectivity index (χ3n) is 4.30. The number of nitrogens with zero attached hydrogens (tertiary/aromatic N) is 2. The minimum Gasteiger partial charge on any atom is -0.351 e. The Balaban J connectivity index is 1.49. The van der Waals surface area contributed by atoms with Gasteiger partial charge in [0.2, 0.25) is 0 Å². The number of rotatable bonds is 6. The van der Waals surface area contributed by atoms with Crippen molar-refractivity contribution in [3.63, 3.8) is 0 Å². The van der Waals surface area contributed by atoms with Crippen molar-refractivity contribution >= 4 is 22.2 Å². The third-order valence-corrected chi connectivity index (χ3v) is 5.05.